The minimum absolute atomic E-state index is 0.0169. The first-order valence-electron chi connectivity index (χ1n) is 7.70. The third kappa shape index (κ3) is 1.96. The van der Waals surface area contributed by atoms with Crippen LogP contribution >= 0.6 is 0 Å². The number of carbonyl (C=O) groups is 2. The standard InChI is InChI=1S/C17H21NO4/c1-4-9-22-17(20)15-13-11(7-6-8-12(13)21-3)14-10(5-2)16(19)18(14)15/h4-5,11-12,14H,1,6-9H2,2-3H3/b10-5+/t11-,12-,14-/m0/s1. The van der Waals surface area contributed by atoms with Gasteiger partial charge >= 0.3 is 5.97 Å². The van der Waals surface area contributed by atoms with Crippen LogP contribution < -0.4 is 0 Å². The van der Waals surface area contributed by atoms with Gasteiger partial charge < -0.3 is 9.47 Å². The van der Waals surface area contributed by atoms with Gasteiger partial charge in [0.05, 0.1) is 12.1 Å². The Kier molecular flexibility index (Phi) is 3.91. The summed E-state index contributed by atoms with van der Waals surface area (Å²) in [4.78, 5) is 26.4. The molecule has 2 heterocycles. The van der Waals surface area contributed by atoms with E-state index >= 15 is 0 Å². The average Bonchev–Trinajstić information content (AvgIpc) is 2.84. The number of esters is 1. The Bertz CT molecular complexity index is 589. The first-order chi connectivity index (χ1) is 10.7. The minimum Gasteiger partial charge on any atom is -0.457 e. The van der Waals surface area contributed by atoms with E-state index in [0.717, 1.165) is 30.4 Å². The largest absolute Gasteiger partial charge is 0.457 e. The maximum absolute atomic E-state index is 12.5. The highest BCUT2D eigenvalue weighted by molar-refractivity contribution is 6.09. The van der Waals surface area contributed by atoms with Crippen molar-refractivity contribution in [1.82, 2.24) is 4.90 Å². The van der Waals surface area contributed by atoms with E-state index in [0.29, 0.717) is 5.70 Å². The van der Waals surface area contributed by atoms with Gasteiger partial charge in [-0.05, 0) is 31.8 Å². The van der Waals surface area contributed by atoms with Crippen molar-refractivity contribution in [1.29, 1.82) is 0 Å². The summed E-state index contributed by atoms with van der Waals surface area (Å²) >= 11 is 0. The third-order valence-electron chi connectivity index (χ3n) is 4.81. The smallest absolute Gasteiger partial charge is 0.355 e. The highest BCUT2D eigenvalue weighted by Gasteiger charge is 2.58. The summed E-state index contributed by atoms with van der Waals surface area (Å²) in [5, 5.41) is 0. The topological polar surface area (TPSA) is 55.8 Å². The Morgan fingerprint density at radius 3 is 2.86 bits per heavy atom. The van der Waals surface area contributed by atoms with Gasteiger partial charge in [-0.3, -0.25) is 9.69 Å². The van der Waals surface area contributed by atoms with Crippen LogP contribution in [0.2, 0.25) is 0 Å². The predicted octanol–water partition coefficient (Wildman–Crippen LogP) is 1.96. The number of carbonyl (C=O) groups excluding carboxylic acids is 2. The number of nitrogens with zero attached hydrogens (tertiary/aromatic N) is 1. The Hall–Kier alpha value is -1.88. The van der Waals surface area contributed by atoms with Crippen molar-refractivity contribution in [2.75, 3.05) is 13.7 Å². The molecule has 2 aliphatic heterocycles. The van der Waals surface area contributed by atoms with Gasteiger partial charge in [-0.25, -0.2) is 4.79 Å². The second-order valence-corrected chi connectivity index (χ2v) is 5.82. The van der Waals surface area contributed by atoms with Crippen LogP contribution in [0.15, 0.2) is 35.6 Å². The lowest BCUT2D eigenvalue weighted by molar-refractivity contribution is -0.145. The third-order valence-corrected chi connectivity index (χ3v) is 4.81. The normalized spacial score (nSPS) is 31.7. The minimum atomic E-state index is -0.449. The molecule has 3 aliphatic rings. The van der Waals surface area contributed by atoms with Crippen molar-refractivity contribution >= 4 is 11.9 Å². The highest BCUT2D eigenvalue weighted by Crippen LogP contribution is 2.51. The number of methoxy groups -OCH3 is 1. The van der Waals surface area contributed by atoms with Gasteiger partial charge in [0.2, 0.25) is 0 Å². The number of allylic oxidation sites excluding steroid dienone is 1. The van der Waals surface area contributed by atoms with Crippen molar-refractivity contribution in [3.05, 3.63) is 35.6 Å². The summed E-state index contributed by atoms with van der Waals surface area (Å²) in [6.07, 6.45) is 6.16. The van der Waals surface area contributed by atoms with Crippen LogP contribution in [0.25, 0.3) is 0 Å². The molecule has 0 bridgehead atoms. The maximum atomic E-state index is 12.5. The monoisotopic (exact) mass is 303 g/mol. The van der Waals surface area contributed by atoms with Crippen LogP contribution in [0.1, 0.15) is 26.2 Å². The van der Waals surface area contributed by atoms with Crippen molar-refractivity contribution in [3.63, 3.8) is 0 Å². The fourth-order valence-electron chi connectivity index (χ4n) is 3.93. The van der Waals surface area contributed by atoms with Crippen LogP contribution in [-0.4, -0.2) is 42.6 Å². The van der Waals surface area contributed by atoms with Crippen molar-refractivity contribution in [3.8, 4) is 0 Å². The molecule has 118 valence electrons. The maximum Gasteiger partial charge on any atom is 0.355 e. The van der Waals surface area contributed by atoms with Gasteiger partial charge in [0, 0.05) is 18.6 Å². The zero-order valence-electron chi connectivity index (χ0n) is 13.0. The lowest BCUT2D eigenvalue weighted by Crippen LogP contribution is -2.55. The van der Waals surface area contributed by atoms with Crippen LogP contribution in [0.4, 0.5) is 0 Å². The second-order valence-electron chi connectivity index (χ2n) is 5.82. The van der Waals surface area contributed by atoms with Crippen LogP contribution in [0, 0.1) is 5.92 Å². The molecule has 0 unspecified atom stereocenters. The molecule has 1 saturated heterocycles. The van der Waals surface area contributed by atoms with E-state index in [1.165, 1.54) is 6.08 Å². The first kappa shape index (κ1) is 15.0. The predicted molar refractivity (Wildman–Crippen MR) is 80.7 cm³/mol. The average molecular weight is 303 g/mol. The van der Waals surface area contributed by atoms with Crippen LogP contribution in [0.5, 0.6) is 0 Å². The van der Waals surface area contributed by atoms with Crippen molar-refractivity contribution in [2.45, 2.75) is 38.3 Å². The van der Waals surface area contributed by atoms with Crippen LogP contribution in [-0.2, 0) is 19.1 Å². The van der Waals surface area contributed by atoms with Gasteiger partial charge in [-0.15, -0.1) is 0 Å². The van der Waals surface area contributed by atoms with Gasteiger partial charge in [-0.2, -0.15) is 0 Å². The molecule has 0 aromatic heterocycles. The number of ether oxygens (including phenoxy) is 2. The van der Waals surface area contributed by atoms with Gasteiger partial charge in [0.15, 0.2) is 0 Å². The molecule has 3 atom stereocenters. The Morgan fingerprint density at radius 1 is 1.45 bits per heavy atom. The van der Waals surface area contributed by atoms with E-state index in [1.54, 1.807) is 12.0 Å². The number of amides is 1. The SMILES string of the molecule is C=CCOC(=O)C1=C2[C@@H](OC)CCC[C@@H]2[C@@H]2/C(=C\C)C(=O)N12. The molecule has 5 nitrogen and oxygen atoms in total. The quantitative estimate of drug-likeness (QED) is 0.345. The molecule has 0 aromatic rings. The van der Waals surface area contributed by atoms with E-state index in [1.807, 2.05) is 13.0 Å². The second kappa shape index (κ2) is 5.72. The van der Waals surface area contributed by atoms with Gasteiger partial charge in [-0.1, -0.05) is 18.7 Å². The Morgan fingerprint density at radius 2 is 2.23 bits per heavy atom. The molecular weight excluding hydrogens is 282 g/mol. The first-order valence-corrected chi connectivity index (χ1v) is 7.70. The molecule has 5 heteroatoms. The molecule has 22 heavy (non-hydrogen) atoms. The van der Waals surface area contributed by atoms with Gasteiger partial charge in [0.1, 0.15) is 12.3 Å². The van der Waals surface area contributed by atoms with Gasteiger partial charge in [0.25, 0.3) is 5.91 Å². The molecule has 0 aromatic carbocycles. The number of hydrogen-bond donors (Lipinski definition) is 0. The molecular formula is C17H21NO4. The summed E-state index contributed by atoms with van der Waals surface area (Å²) in [6.45, 7) is 5.56. The number of rotatable bonds is 4. The number of β-lactam (4-membered cyclic amide) rings is 1. The molecule has 0 spiro atoms. The lowest BCUT2D eigenvalue weighted by atomic mass is 9.75. The summed E-state index contributed by atoms with van der Waals surface area (Å²) in [6, 6.07) is -0.0169. The van der Waals surface area contributed by atoms with E-state index in [2.05, 4.69) is 6.58 Å². The fourth-order valence-corrected chi connectivity index (χ4v) is 3.93. The summed E-state index contributed by atoms with van der Waals surface area (Å²) in [5.74, 6) is -0.362. The Labute approximate surface area is 130 Å². The summed E-state index contributed by atoms with van der Waals surface area (Å²) < 4.78 is 10.8. The number of fused-ring (bicyclic) bond motifs is 3. The molecule has 1 saturated carbocycles. The van der Waals surface area contributed by atoms with E-state index < -0.39 is 5.97 Å². The Balaban J connectivity index is 2.02. The van der Waals surface area contributed by atoms with E-state index in [9.17, 15) is 9.59 Å². The van der Waals surface area contributed by atoms with Crippen LogP contribution in [0.3, 0.4) is 0 Å². The van der Waals surface area contributed by atoms with Crippen molar-refractivity contribution in [2.24, 2.45) is 5.92 Å². The molecule has 3 rings (SSSR count). The number of hydrogen-bond acceptors (Lipinski definition) is 4. The molecule has 0 N–H and O–H groups in total. The summed E-state index contributed by atoms with van der Waals surface area (Å²) in [7, 11) is 1.65. The molecule has 1 aliphatic carbocycles. The van der Waals surface area contributed by atoms with Crippen molar-refractivity contribution < 1.29 is 19.1 Å². The molecule has 1 amide bonds. The summed E-state index contributed by atoms with van der Waals surface area (Å²) in [5.41, 5.74) is 2.14. The fraction of sp³-hybridized carbons (Fsp3) is 0.529. The lowest BCUT2D eigenvalue weighted by Gasteiger charge is -2.42. The molecule has 2 fully saturated rings. The zero-order valence-corrected chi connectivity index (χ0v) is 13.0. The molecule has 0 radical (unpaired) electrons. The van der Waals surface area contributed by atoms with E-state index in [4.69, 9.17) is 9.47 Å². The zero-order chi connectivity index (χ0) is 15.9. The highest BCUT2D eigenvalue weighted by atomic mass is 16.5. The van der Waals surface area contributed by atoms with E-state index in [-0.39, 0.29) is 30.6 Å².